The van der Waals surface area contributed by atoms with E-state index in [-0.39, 0.29) is 12.6 Å². The lowest BCUT2D eigenvalue weighted by molar-refractivity contribution is -0.143. The number of rotatable bonds is 6. The molecule has 0 saturated heterocycles. The van der Waals surface area contributed by atoms with Crippen LogP contribution in [0, 0.1) is 6.92 Å². The van der Waals surface area contributed by atoms with Gasteiger partial charge in [-0.05, 0) is 24.5 Å². The SMILES string of the molecule is Cc1ccccc1CCC(=O)OCCCO. The van der Waals surface area contributed by atoms with Gasteiger partial charge in [-0.2, -0.15) is 0 Å². The van der Waals surface area contributed by atoms with Crippen LogP contribution in [-0.2, 0) is 16.0 Å². The minimum absolute atomic E-state index is 0.0606. The fraction of sp³-hybridized carbons (Fsp3) is 0.462. The summed E-state index contributed by atoms with van der Waals surface area (Å²) in [5.41, 5.74) is 2.38. The molecule has 0 bridgehead atoms. The minimum atomic E-state index is -0.197. The van der Waals surface area contributed by atoms with E-state index >= 15 is 0 Å². The standard InChI is InChI=1S/C13H18O3/c1-11-5-2-3-6-12(11)7-8-13(15)16-10-4-9-14/h2-3,5-6,14H,4,7-10H2,1H3. The summed E-state index contributed by atoms with van der Waals surface area (Å²) in [6.07, 6.45) is 1.62. The van der Waals surface area contributed by atoms with Crippen molar-refractivity contribution in [2.45, 2.75) is 26.2 Å². The molecule has 0 spiro atoms. The van der Waals surface area contributed by atoms with E-state index < -0.39 is 0 Å². The van der Waals surface area contributed by atoms with Crippen LogP contribution in [0.2, 0.25) is 0 Å². The molecule has 1 aromatic rings. The first-order valence-electron chi connectivity index (χ1n) is 5.55. The molecule has 3 nitrogen and oxygen atoms in total. The molecule has 0 aliphatic heterocycles. The largest absolute Gasteiger partial charge is 0.466 e. The number of aryl methyl sites for hydroxylation is 2. The second kappa shape index (κ2) is 7.01. The van der Waals surface area contributed by atoms with E-state index in [1.807, 2.05) is 31.2 Å². The molecule has 0 heterocycles. The highest BCUT2D eigenvalue weighted by atomic mass is 16.5. The van der Waals surface area contributed by atoms with Crippen molar-refractivity contribution < 1.29 is 14.6 Å². The lowest BCUT2D eigenvalue weighted by Gasteiger charge is -2.05. The first kappa shape index (κ1) is 12.7. The molecule has 16 heavy (non-hydrogen) atoms. The number of benzene rings is 1. The second-order valence-corrected chi connectivity index (χ2v) is 3.72. The molecule has 0 atom stereocenters. The fourth-order valence-electron chi connectivity index (χ4n) is 1.45. The fourth-order valence-corrected chi connectivity index (χ4v) is 1.45. The number of carbonyl (C=O) groups is 1. The molecule has 1 N–H and O–H groups in total. The third-order valence-corrected chi connectivity index (χ3v) is 2.43. The van der Waals surface area contributed by atoms with Crippen molar-refractivity contribution >= 4 is 5.97 Å². The van der Waals surface area contributed by atoms with Crippen molar-refractivity contribution in [3.05, 3.63) is 35.4 Å². The summed E-state index contributed by atoms with van der Waals surface area (Å²) < 4.78 is 4.95. The highest BCUT2D eigenvalue weighted by molar-refractivity contribution is 5.69. The summed E-state index contributed by atoms with van der Waals surface area (Å²) in [6.45, 7) is 2.40. The smallest absolute Gasteiger partial charge is 0.306 e. The number of carbonyl (C=O) groups excluding carboxylic acids is 1. The van der Waals surface area contributed by atoms with Crippen LogP contribution in [0.4, 0.5) is 0 Å². The summed E-state index contributed by atoms with van der Waals surface area (Å²) in [6, 6.07) is 8.01. The number of aliphatic hydroxyl groups is 1. The van der Waals surface area contributed by atoms with Gasteiger partial charge in [0, 0.05) is 19.4 Å². The van der Waals surface area contributed by atoms with Gasteiger partial charge in [-0.1, -0.05) is 24.3 Å². The minimum Gasteiger partial charge on any atom is -0.466 e. The maximum atomic E-state index is 11.3. The molecule has 1 rings (SSSR count). The van der Waals surface area contributed by atoms with Crippen LogP contribution in [0.1, 0.15) is 24.0 Å². The van der Waals surface area contributed by atoms with Gasteiger partial charge in [-0.15, -0.1) is 0 Å². The quantitative estimate of drug-likeness (QED) is 0.590. The molecular formula is C13H18O3. The molecular weight excluding hydrogens is 204 g/mol. The van der Waals surface area contributed by atoms with Crippen LogP contribution in [0.5, 0.6) is 0 Å². The summed E-state index contributed by atoms with van der Waals surface area (Å²) in [4.78, 5) is 11.3. The Balaban J connectivity index is 2.29. The van der Waals surface area contributed by atoms with Gasteiger partial charge >= 0.3 is 5.97 Å². The molecule has 0 saturated carbocycles. The molecule has 0 fully saturated rings. The Labute approximate surface area is 96.1 Å². The lowest BCUT2D eigenvalue weighted by Crippen LogP contribution is -2.08. The van der Waals surface area contributed by atoms with Crippen LogP contribution >= 0.6 is 0 Å². The van der Waals surface area contributed by atoms with Gasteiger partial charge in [0.25, 0.3) is 0 Å². The Hall–Kier alpha value is -1.35. The molecule has 1 aromatic carbocycles. The highest BCUT2D eigenvalue weighted by Gasteiger charge is 2.04. The van der Waals surface area contributed by atoms with Crippen LogP contribution in [0.25, 0.3) is 0 Å². The van der Waals surface area contributed by atoms with Gasteiger partial charge < -0.3 is 9.84 Å². The molecule has 0 aliphatic carbocycles. The number of aliphatic hydroxyl groups excluding tert-OH is 1. The molecule has 0 aromatic heterocycles. The van der Waals surface area contributed by atoms with Gasteiger partial charge in [-0.3, -0.25) is 4.79 Å². The second-order valence-electron chi connectivity index (χ2n) is 3.72. The Morgan fingerprint density at radius 1 is 1.38 bits per heavy atom. The Kier molecular flexibility index (Phi) is 5.57. The summed E-state index contributed by atoms with van der Waals surface area (Å²) in [5, 5.41) is 8.53. The third kappa shape index (κ3) is 4.45. The van der Waals surface area contributed by atoms with E-state index in [0.717, 1.165) is 0 Å². The zero-order chi connectivity index (χ0) is 11.8. The lowest BCUT2D eigenvalue weighted by atomic mass is 10.0. The third-order valence-electron chi connectivity index (χ3n) is 2.43. The van der Waals surface area contributed by atoms with Crippen molar-refractivity contribution in [1.82, 2.24) is 0 Å². The van der Waals surface area contributed by atoms with E-state index in [4.69, 9.17) is 9.84 Å². The molecule has 0 aliphatic rings. The monoisotopic (exact) mass is 222 g/mol. The Morgan fingerprint density at radius 2 is 2.12 bits per heavy atom. The topological polar surface area (TPSA) is 46.5 Å². The van der Waals surface area contributed by atoms with Crippen molar-refractivity contribution in [2.24, 2.45) is 0 Å². The molecule has 0 amide bonds. The maximum absolute atomic E-state index is 11.3. The Morgan fingerprint density at radius 3 is 2.81 bits per heavy atom. The van der Waals surface area contributed by atoms with Crippen molar-refractivity contribution in [3.63, 3.8) is 0 Å². The van der Waals surface area contributed by atoms with Crippen LogP contribution in [-0.4, -0.2) is 24.3 Å². The zero-order valence-corrected chi connectivity index (χ0v) is 9.61. The normalized spacial score (nSPS) is 10.1. The number of ether oxygens (including phenoxy) is 1. The van der Waals surface area contributed by atoms with Crippen molar-refractivity contribution in [2.75, 3.05) is 13.2 Å². The van der Waals surface area contributed by atoms with E-state index in [2.05, 4.69) is 0 Å². The van der Waals surface area contributed by atoms with Crippen LogP contribution < -0.4 is 0 Å². The van der Waals surface area contributed by atoms with Gasteiger partial charge in [0.2, 0.25) is 0 Å². The van der Waals surface area contributed by atoms with Gasteiger partial charge in [0.15, 0.2) is 0 Å². The molecule has 0 radical (unpaired) electrons. The van der Waals surface area contributed by atoms with Crippen molar-refractivity contribution in [3.8, 4) is 0 Å². The number of hydrogen-bond acceptors (Lipinski definition) is 3. The molecule has 3 heteroatoms. The van der Waals surface area contributed by atoms with E-state index in [0.29, 0.717) is 25.9 Å². The number of hydrogen-bond donors (Lipinski definition) is 1. The predicted octanol–water partition coefficient (Wildman–Crippen LogP) is 1.85. The highest BCUT2D eigenvalue weighted by Crippen LogP contribution is 2.09. The average molecular weight is 222 g/mol. The molecule has 0 unspecified atom stereocenters. The summed E-state index contributed by atoms with van der Waals surface area (Å²) in [5.74, 6) is -0.197. The summed E-state index contributed by atoms with van der Waals surface area (Å²) in [7, 11) is 0. The average Bonchev–Trinajstić information content (AvgIpc) is 2.28. The molecule has 88 valence electrons. The van der Waals surface area contributed by atoms with Crippen LogP contribution in [0.3, 0.4) is 0 Å². The predicted molar refractivity (Wildman–Crippen MR) is 62.2 cm³/mol. The van der Waals surface area contributed by atoms with Crippen molar-refractivity contribution in [1.29, 1.82) is 0 Å². The zero-order valence-electron chi connectivity index (χ0n) is 9.61. The van der Waals surface area contributed by atoms with Gasteiger partial charge in [0.05, 0.1) is 6.61 Å². The van der Waals surface area contributed by atoms with Gasteiger partial charge in [0.1, 0.15) is 0 Å². The Bertz CT molecular complexity index is 334. The first-order valence-corrected chi connectivity index (χ1v) is 5.55. The maximum Gasteiger partial charge on any atom is 0.306 e. The van der Waals surface area contributed by atoms with E-state index in [1.54, 1.807) is 0 Å². The first-order chi connectivity index (χ1) is 7.74. The van der Waals surface area contributed by atoms with Crippen LogP contribution in [0.15, 0.2) is 24.3 Å². The van der Waals surface area contributed by atoms with Gasteiger partial charge in [-0.25, -0.2) is 0 Å². The number of esters is 1. The van der Waals surface area contributed by atoms with E-state index in [9.17, 15) is 4.79 Å². The summed E-state index contributed by atoms with van der Waals surface area (Å²) >= 11 is 0. The van der Waals surface area contributed by atoms with E-state index in [1.165, 1.54) is 11.1 Å².